The SMILES string of the molecule is C1CN(CC2CCNCC2)C1.CC. The summed E-state index contributed by atoms with van der Waals surface area (Å²) in [6.45, 7) is 10.6. The summed E-state index contributed by atoms with van der Waals surface area (Å²) in [5.41, 5.74) is 0. The minimum atomic E-state index is 0.997. The molecule has 13 heavy (non-hydrogen) atoms. The van der Waals surface area contributed by atoms with Crippen LogP contribution >= 0.6 is 0 Å². The Labute approximate surface area is 82.7 Å². The summed E-state index contributed by atoms with van der Waals surface area (Å²) >= 11 is 0. The molecule has 0 radical (unpaired) electrons. The largest absolute Gasteiger partial charge is 0.317 e. The fraction of sp³-hybridized carbons (Fsp3) is 1.00. The molecule has 2 saturated heterocycles. The second-order valence-electron chi connectivity index (χ2n) is 3.85. The Balaban J connectivity index is 0.000000396. The molecule has 0 bridgehead atoms. The molecular weight excluding hydrogens is 160 g/mol. The standard InChI is InChI=1S/C9H18N2.C2H6/c1-6-11(7-1)8-9-2-4-10-5-3-9;1-2/h9-10H,1-8H2;1-2H3. The summed E-state index contributed by atoms with van der Waals surface area (Å²) < 4.78 is 0. The highest BCUT2D eigenvalue weighted by atomic mass is 15.2. The van der Waals surface area contributed by atoms with E-state index in [-0.39, 0.29) is 0 Å². The van der Waals surface area contributed by atoms with E-state index in [4.69, 9.17) is 0 Å². The Bertz CT molecular complexity index is 115. The van der Waals surface area contributed by atoms with Gasteiger partial charge in [0.2, 0.25) is 0 Å². The number of hydrogen-bond donors (Lipinski definition) is 1. The van der Waals surface area contributed by atoms with Crippen LogP contribution in [0.2, 0.25) is 0 Å². The van der Waals surface area contributed by atoms with Gasteiger partial charge in [0.25, 0.3) is 0 Å². The lowest BCUT2D eigenvalue weighted by atomic mass is 9.96. The molecule has 0 aliphatic carbocycles. The summed E-state index contributed by atoms with van der Waals surface area (Å²) in [4.78, 5) is 2.59. The summed E-state index contributed by atoms with van der Waals surface area (Å²) in [6, 6.07) is 0. The highest BCUT2D eigenvalue weighted by molar-refractivity contribution is 4.76. The monoisotopic (exact) mass is 184 g/mol. The maximum atomic E-state index is 3.41. The quantitative estimate of drug-likeness (QED) is 0.703. The van der Waals surface area contributed by atoms with Crippen molar-refractivity contribution in [2.45, 2.75) is 33.1 Å². The molecule has 1 N–H and O–H groups in total. The molecule has 2 heterocycles. The van der Waals surface area contributed by atoms with Gasteiger partial charge in [-0.2, -0.15) is 0 Å². The Morgan fingerprint density at radius 3 is 2.23 bits per heavy atom. The third-order valence-electron chi connectivity index (χ3n) is 2.92. The number of likely N-dealkylation sites (tertiary alicyclic amines) is 1. The molecule has 2 aliphatic rings. The molecule has 2 aliphatic heterocycles. The number of piperidine rings is 1. The molecule has 2 fully saturated rings. The maximum Gasteiger partial charge on any atom is 0.00106 e. The van der Waals surface area contributed by atoms with Gasteiger partial charge in [0, 0.05) is 6.54 Å². The van der Waals surface area contributed by atoms with Gasteiger partial charge in [0.05, 0.1) is 0 Å². The molecule has 0 atom stereocenters. The maximum absolute atomic E-state index is 3.41. The van der Waals surface area contributed by atoms with Crippen LogP contribution in [0.3, 0.4) is 0 Å². The van der Waals surface area contributed by atoms with E-state index in [2.05, 4.69) is 10.2 Å². The first kappa shape index (κ1) is 11.0. The van der Waals surface area contributed by atoms with Gasteiger partial charge in [0.1, 0.15) is 0 Å². The second-order valence-corrected chi connectivity index (χ2v) is 3.85. The van der Waals surface area contributed by atoms with Crippen LogP contribution in [-0.2, 0) is 0 Å². The first-order valence-electron chi connectivity index (χ1n) is 5.88. The van der Waals surface area contributed by atoms with Crippen LogP contribution in [0.15, 0.2) is 0 Å². The predicted octanol–water partition coefficient (Wildman–Crippen LogP) is 1.72. The van der Waals surface area contributed by atoms with Crippen molar-refractivity contribution in [1.29, 1.82) is 0 Å². The molecule has 0 spiro atoms. The molecule has 2 heteroatoms. The highest BCUT2D eigenvalue weighted by Gasteiger charge is 2.20. The fourth-order valence-electron chi connectivity index (χ4n) is 1.99. The van der Waals surface area contributed by atoms with Gasteiger partial charge < -0.3 is 10.2 Å². The van der Waals surface area contributed by atoms with Crippen molar-refractivity contribution in [3.63, 3.8) is 0 Å². The molecule has 0 saturated carbocycles. The average Bonchev–Trinajstić information content (AvgIpc) is 2.17. The lowest BCUT2D eigenvalue weighted by molar-refractivity contribution is 0.139. The summed E-state index contributed by atoms with van der Waals surface area (Å²) in [6.07, 6.45) is 4.23. The van der Waals surface area contributed by atoms with Crippen molar-refractivity contribution in [3.05, 3.63) is 0 Å². The first-order valence-corrected chi connectivity index (χ1v) is 5.88. The number of nitrogens with zero attached hydrogens (tertiary/aromatic N) is 1. The average molecular weight is 184 g/mol. The van der Waals surface area contributed by atoms with E-state index in [1.54, 1.807) is 0 Å². The van der Waals surface area contributed by atoms with Crippen LogP contribution in [0.5, 0.6) is 0 Å². The summed E-state index contributed by atoms with van der Waals surface area (Å²) in [5, 5.41) is 3.41. The predicted molar refractivity (Wildman–Crippen MR) is 58.0 cm³/mol. The van der Waals surface area contributed by atoms with Crippen molar-refractivity contribution in [2.75, 3.05) is 32.7 Å². The lowest BCUT2D eigenvalue weighted by Gasteiger charge is -2.35. The fourth-order valence-corrected chi connectivity index (χ4v) is 1.99. The van der Waals surface area contributed by atoms with Gasteiger partial charge in [-0.25, -0.2) is 0 Å². The van der Waals surface area contributed by atoms with Gasteiger partial charge in [0.15, 0.2) is 0 Å². The molecule has 0 aromatic heterocycles. The smallest absolute Gasteiger partial charge is 0.00106 e. The molecular formula is C11H24N2. The van der Waals surface area contributed by atoms with E-state index in [9.17, 15) is 0 Å². The number of rotatable bonds is 2. The molecule has 0 amide bonds. The minimum Gasteiger partial charge on any atom is -0.317 e. The van der Waals surface area contributed by atoms with Crippen LogP contribution in [0.25, 0.3) is 0 Å². The molecule has 78 valence electrons. The van der Waals surface area contributed by atoms with Crippen LogP contribution in [0.1, 0.15) is 33.1 Å². The van der Waals surface area contributed by atoms with Crippen LogP contribution in [0, 0.1) is 5.92 Å². The van der Waals surface area contributed by atoms with Gasteiger partial charge >= 0.3 is 0 Å². The number of nitrogens with one attached hydrogen (secondary N) is 1. The molecule has 2 rings (SSSR count). The minimum absolute atomic E-state index is 0.997. The van der Waals surface area contributed by atoms with E-state index in [1.807, 2.05) is 13.8 Å². The van der Waals surface area contributed by atoms with E-state index >= 15 is 0 Å². The topological polar surface area (TPSA) is 15.3 Å². The van der Waals surface area contributed by atoms with E-state index in [0.29, 0.717) is 0 Å². The summed E-state index contributed by atoms with van der Waals surface area (Å²) in [7, 11) is 0. The zero-order chi connectivity index (χ0) is 9.52. The lowest BCUT2D eigenvalue weighted by Crippen LogP contribution is -2.42. The van der Waals surface area contributed by atoms with E-state index < -0.39 is 0 Å². The van der Waals surface area contributed by atoms with Gasteiger partial charge in [-0.05, 0) is 51.4 Å². The molecule has 0 unspecified atom stereocenters. The Hall–Kier alpha value is -0.0800. The van der Waals surface area contributed by atoms with Gasteiger partial charge in [-0.1, -0.05) is 13.8 Å². The number of hydrogen-bond acceptors (Lipinski definition) is 2. The van der Waals surface area contributed by atoms with Crippen molar-refractivity contribution < 1.29 is 0 Å². The van der Waals surface area contributed by atoms with Crippen LogP contribution in [-0.4, -0.2) is 37.6 Å². The third-order valence-corrected chi connectivity index (χ3v) is 2.92. The zero-order valence-corrected chi connectivity index (χ0v) is 9.18. The zero-order valence-electron chi connectivity index (χ0n) is 9.18. The second kappa shape index (κ2) is 6.39. The van der Waals surface area contributed by atoms with Crippen molar-refractivity contribution >= 4 is 0 Å². The van der Waals surface area contributed by atoms with Crippen molar-refractivity contribution in [1.82, 2.24) is 10.2 Å². The van der Waals surface area contributed by atoms with Crippen LogP contribution < -0.4 is 5.32 Å². The molecule has 0 aromatic rings. The van der Waals surface area contributed by atoms with E-state index in [0.717, 1.165) is 5.92 Å². The Morgan fingerprint density at radius 1 is 1.15 bits per heavy atom. The van der Waals surface area contributed by atoms with Gasteiger partial charge in [-0.3, -0.25) is 0 Å². The van der Waals surface area contributed by atoms with Crippen molar-refractivity contribution in [3.8, 4) is 0 Å². The molecule has 0 aromatic carbocycles. The normalized spacial score (nSPS) is 24.5. The van der Waals surface area contributed by atoms with E-state index in [1.165, 1.54) is 52.0 Å². The molecule has 2 nitrogen and oxygen atoms in total. The third kappa shape index (κ3) is 3.65. The first-order chi connectivity index (χ1) is 6.45. The van der Waals surface area contributed by atoms with Crippen molar-refractivity contribution in [2.24, 2.45) is 5.92 Å². The van der Waals surface area contributed by atoms with Gasteiger partial charge in [-0.15, -0.1) is 0 Å². The van der Waals surface area contributed by atoms with Crippen LogP contribution in [0.4, 0.5) is 0 Å². The summed E-state index contributed by atoms with van der Waals surface area (Å²) in [5.74, 6) is 0.997. The Kier molecular flexibility index (Phi) is 5.40. The highest BCUT2D eigenvalue weighted by Crippen LogP contribution is 2.16. The Morgan fingerprint density at radius 2 is 1.77 bits per heavy atom.